The number of aromatic nitrogens is 1. The van der Waals surface area contributed by atoms with Crippen LogP contribution < -0.4 is 14.2 Å². The molecular weight excluding hydrogens is 961 g/mol. The quantitative estimate of drug-likeness (QED) is 0.0550. The molecule has 3 aromatic rings. The van der Waals surface area contributed by atoms with E-state index in [1.165, 1.54) is 0 Å². The maximum absolute atomic E-state index is 14.7. The number of esters is 1. The Labute approximate surface area is 436 Å². The number of aromatic amines is 1. The molecule has 75 heavy (non-hydrogen) atoms. The van der Waals surface area contributed by atoms with Gasteiger partial charge in [-0.2, -0.15) is 0 Å². The lowest BCUT2D eigenvalue weighted by atomic mass is 9.48. The van der Waals surface area contributed by atoms with Crippen LogP contribution in [0.1, 0.15) is 86.1 Å². The van der Waals surface area contributed by atoms with Gasteiger partial charge in [-0.25, -0.2) is 4.79 Å². The number of aliphatic hydroxyl groups excluding tert-OH is 5. The second-order valence-electron chi connectivity index (χ2n) is 22.0. The molecule has 1 saturated heterocycles. The zero-order chi connectivity index (χ0) is 52.5. The first-order chi connectivity index (χ1) is 36.4. The number of carbonyl (C=O) groups is 3. The smallest absolute Gasteiger partial charge is 0.375 e. The van der Waals surface area contributed by atoms with Crippen molar-refractivity contribution in [1.82, 2.24) is 9.88 Å². The van der Waals surface area contributed by atoms with E-state index in [2.05, 4.69) is 22.9 Å². The fourth-order valence-electron chi connectivity index (χ4n) is 14.9. The van der Waals surface area contributed by atoms with Gasteiger partial charge in [0.1, 0.15) is 28.6 Å². The van der Waals surface area contributed by atoms with Crippen molar-refractivity contribution in [3.05, 3.63) is 105 Å². The molecule has 12 atom stereocenters. The number of methoxy groups -OCH3 is 1. The summed E-state index contributed by atoms with van der Waals surface area (Å²) in [7, 11) is 1.69. The average Bonchev–Trinajstić information content (AvgIpc) is 4.09. The third-order valence-electron chi connectivity index (χ3n) is 18.3. The molecule has 1 aromatic heterocycles. The number of hydrogen-bond acceptors (Lipinski definition) is 15. The van der Waals surface area contributed by atoms with Gasteiger partial charge < -0.3 is 59.3 Å². The van der Waals surface area contributed by atoms with Gasteiger partial charge >= 0.3 is 5.97 Å². The number of piperidine rings is 1. The number of rotatable bonds is 12. The van der Waals surface area contributed by atoms with E-state index in [0.717, 1.165) is 41.4 Å². The molecule has 16 heteroatoms. The van der Waals surface area contributed by atoms with Gasteiger partial charge in [0, 0.05) is 104 Å². The Morgan fingerprint density at radius 3 is 2.59 bits per heavy atom. The maximum atomic E-state index is 14.7. The molecule has 5 heterocycles. The van der Waals surface area contributed by atoms with Gasteiger partial charge in [-0.05, 0) is 117 Å². The Morgan fingerprint density at radius 1 is 1.01 bits per heavy atom. The Morgan fingerprint density at radius 2 is 1.85 bits per heavy atom. The normalized spacial score (nSPS) is 32.8. The predicted octanol–water partition coefficient (Wildman–Crippen LogP) is 4.95. The number of Topliss-reactive ketones (excluding diaryl/α,β-unsaturated/α-hetero) is 1. The van der Waals surface area contributed by atoms with Gasteiger partial charge in [0.15, 0.2) is 11.9 Å². The highest BCUT2D eigenvalue weighted by atomic mass is 16.6. The van der Waals surface area contributed by atoms with Gasteiger partial charge in [0.2, 0.25) is 5.76 Å². The molecule has 400 valence electrons. The summed E-state index contributed by atoms with van der Waals surface area (Å²) in [6.45, 7) is 4.07. The molecule has 2 bridgehead atoms. The number of aliphatic hydroxyl groups is 6. The number of H-pyrrole nitrogens is 1. The van der Waals surface area contributed by atoms with Gasteiger partial charge in [-0.3, -0.25) is 14.5 Å². The minimum Gasteiger partial charge on any atom is -0.492 e. The molecule has 1 spiro atoms. The highest BCUT2D eigenvalue weighted by molar-refractivity contribution is 6.11. The van der Waals surface area contributed by atoms with Crippen LogP contribution in [0, 0.1) is 41.4 Å². The second kappa shape index (κ2) is 20.5. The summed E-state index contributed by atoms with van der Waals surface area (Å²) >= 11 is 0. The number of aldehydes is 1. The molecule has 7 N–H and O–H groups in total. The Hall–Kier alpha value is -5.43. The largest absolute Gasteiger partial charge is 0.492 e. The number of carbonyl (C=O) groups excluding carboxylic acids is 3. The molecule has 2 fully saturated rings. The van der Waals surface area contributed by atoms with E-state index in [9.17, 15) is 45.0 Å². The lowest BCUT2D eigenvalue weighted by Crippen LogP contribution is -2.73. The van der Waals surface area contributed by atoms with E-state index in [0.29, 0.717) is 55.4 Å². The van der Waals surface area contributed by atoms with E-state index in [1.807, 2.05) is 42.6 Å². The molecular formula is C59H70N2O14. The monoisotopic (exact) mass is 1030 g/mol. The zero-order valence-corrected chi connectivity index (χ0v) is 43.0. The van der Waals surface area contributed by atoms with Crippen LogP contribution in [0.25, 0.3) is 16.5 Å². The summed E-state index contributed by atoms with van der Waals surface area (Å²) < 4.78 is 32.2. The molecule has 1 saturated carbocycles. The predicted molar refractivity (Wildman–Crippen MR) is 276 cm³/mol. The van der Waals surface area contributed by atoms with Crippen molar-refractivity contribution in [2.45, 2.75) is 101 Å². The second-order valence-corrected chi connectivity index (χ2v) is 22.0. The minimum absolute atomic E-state index is 0.0124. The Balaban J connectivity index is 1.15. The third-order valence-corrected chi connectivity index (χ3v) is 18.3. The fourth-order valence-corrected chi connectivity index (χ4v) is 14.9. The Bertz CT molecular complexity index is 2930. The van der Waals surface area contributed by atoms with Crippen molar-refractivity contribution in [3.63, 3.8) is 0 Å². The molecule has 2 aromatic carbocycles. The number of ether oxygens (including phenoxy) is 5. The van der Waals surface area contributed by atoms with Crippen molar-refractivity contribution in [1.29, 1.82) is 0 Å². The van der Waals surface area contributed by atoms with E-state index in [4.69, 9.17) is 23.7 Å². The first-order valence-electron chi connectivity index (χ1n) is 27.0. The van der Waals surface area contributed by atoms with E-state index in [1.54, 1.807) is 20.1 Å². The number of ketones is 1. The van der Waals surface area contributed by atoms with Gasteiger partial charge in [-0.15, -0.1) is 0 Å². The zero-order valence-electron chi connectivity index (χ0n) is 43.0. The molecule has 0 unspecified atom stereocenters. The third kappa shape index (κ3) is 8.11. The average molecular weight is 1030 g/mol. The van der Waals surface area contributed by atoms with Crippen LogP contribution in [-0.4, -0.2) is 142 Å². The van der Waals surface area contributed by atoms with Crippen molar-refractivity contribution >= 4 is 34.5 Å². The number of benzene rings is 2. The van der Waals surface area contributed by atoms with Crippen LogP contribution in [0.15, 0.2) is 77.3 Å². The molecule has 11 rings (SSSR count). The number of nitrogens with zero attached hydrogens (tertiary/aromatic N) is 1. The molecule has 4 aliphatic carbocycles. The summed E-state index contributed by atoms with van der Waals surface area (Å²) in [6, 6.07) is 5.94. The number of aryl methyl sites for hydroxylation is 1. The van der Waals surface area contributed by atoms with Crippen molar-refractivity contribution < 1.29 is 68.7 Å². The number of nitrogens with one attached hydrogen (secondary N) is 1. The van der Waals surface area contributed by atoms with E-state index >= 15 is 0 Å². The lowest BCUT2D eigenvalue weighted by molar-refractivity contribution is -0.209. The molecule has 8 aliphatic rings. The molecule has 16 nitrogen and oxygen atoms in total. The van der Waals surface area contributed by atoms with Crippen LogP contribution in [-0.2, 0) is 43.3 Å². The molecule has 0 amide bonds. The molecule has 4 aliphatic heterocycles. The van der Waals surface area contributed by atoms with E-state index < -0.39 is 83.7 Å². The Kier molecular flexibility index (Phi) is 14.1. The van der Waals surface area contributed by atoms with Crippen LogP contribution in [0.4, 0.5) is 0 Å². The van der Waals surface area contributed by atoms with Crippen LogP contribution in [0.2, 0.25) is 0 Å². The topological polar surface area (TPSA) is 238 Å². The summed E-state index contributed by atoms with van der Waals surface area (Å²) in [5.74, 6) is -5.63. The van der Waals surface area contributed by atoms with Gasteiger partial charge in [-0.1, -0.05) is 36.8 Å². The first kappa shape index (κ1) is 51.7. The lowest BCUT2D eigenvalue weighted by Gasteiger charge is -2.62. The van der Waals surface area contributed by atoms with Crippen LogP contribution in [0.5, 0.6) is 17.2 Å². The summed E-state index contributed by atoms with van der Waals surface area (Å²) in [5, 5.41) is 72.5. The summed E-state index contributed by atoms with van der Waals surface area (Å²) in [5.41, 5.74) is 1.32. The number of fused-ring (bicyclic) bond motifs is 10. The summed E-state index contributed by atoms with van der Waals surface area (Å²) in [6.07, 6.45) is 14.1. The SMILES string of the molecule is CCOC(=O)C1=C(C=O)C2=C3C[C@@H](CO)C(=O)[C@H](C3)c3cc4cc[nH]c4cc3CC[C@@H](CO)COc3c4c(c(CO)c(c32)O1)O[C@@]1(C=C[C@@H]2[C@@H](CO)C=C[C@H](O)C3=C[C@H]5[C@@H](CC)N(CCCOC)CC[C@H]5[C@]1(O)[C@@H]32)C4. The van der Waals surface area contributed by atoms with Gasteiger partial charge in [0.05, 0.1) is 49.2 Å². The standard InChI is InChI=1S/C59H70N2O14/c1-4-47-40-23-41-48(67)10-9-34(26-63)37-11-14-58(59(70,51(37)41)45(40)13-17-61(47)16-6-18-71-3)24-42-53(75-58)44(29-66)55-50-49(43(28-65)56(74-55)57(69)72-5-2)35-19-36(27-64)52(68)39(21-35)38-20-33-12-15-60-46(33)22-32(38)8-7-31(25-62)30-73-54(42)50/h9-12,14-15,20,22-23,28,31,34,36-37,39-40,45,47-48,51,60,62-64,66-67,70H,4-8,13,16-19,21,24-27,29-30H2,1-3H3/t31-,34+,36-,37+,39+,40+,45+,47+,48-,51+,58-,59-/m0/s1. The van der Waals surface area contributed by atoms with Crippen molar-refractivity contribution in [2.75, 3.05) is 59.8 Å². The van der Waals surface area contributed by atoms with Crippen LogP contribution >= 0.6 is 0 Å². The first-order valence-corrected chi connectivity index (χ1v) is 27.0. The summed E-state index contributed by atoms with van der Waals surface area (Å²) in [4.78, 5) is 48.5. The fraction of sp³-hybridized carbons (Fsp3) is 0.542. The highest BCUT2D eigenvalue weighted by Gasteiger charge is 2.70. The van der Waals surface area contributed by atoms with Gasteiger partial charge in [0.25, 0.3) is 0 Å². The number of hydrogen-bond donors (Lipinski definition) is 7. The highest BCUT2D eigenvalue weighted by Crippen LogP contribution is 2.65. The van der Waals surface area contributed by atoms with E-state index in [-0.39, 0.29) is 103 Å². The maximum Gasteiger partial charge on any atom is 0.375 e. The number of allylic oxidation sites excluding steroid dienone is 4. The number of likely N-dealkylation sites (tertiary alicyclic amines) is 1. The molecule has 0 radical (unpaired) electrons. The van der Waals surface area contributed by atoms with Crippen LogP contribution in [0.3, 0.4) is 0 Å². The minimum atomic E-state index is -1.75. The van der Waals surface area contributed by atoms with Crippen molar-refractivity contribution in [2.24, 2.45) is 41.4 Å². The van der Waals surface area contributed by atoms with Crippen molar-refractivity contribution in [3.8, 4) is 17.2 Å².